The average Bonchev–Trinajstić information content (AvgIpc) is 2.33. The van der Waals surface area contributed by atoms with Crippen molar-refractivity contribution in [2.24, 2.45) is 0 Å². The Kier molecular flexibility index (Phi) is 2.72. The van der Waals surface area contributed by atoms with Crippen LogP contribution < -0.4 is 0 Å². The molecule has 0 saturated heterocycles. The number of hydrogen-bond donors (Lipinski definition) is 0. The molecule has 16 heavy (non-hydrogen) atoms. The van der Waals surface area contributed by atoms with Crippen molar-refractivity contribution < 1.29 is 9.18 Å². The van der Waals surface area contributed by atoms with Gasteiger partial charge in [0.1, 0.15) is 5.82 Å². The number of aromatic nitrogens is 2. The summed E-state index contributed by atoms with van der Waals surface area (Å²) in [5.74, 6) is -0.260. The molecular weight excluding hydrogens is 207 g/mol. The van der Waals surface area contributed by atoms with Gasteiger partial charge in [-0.15, -0.1) is 0 Å². The van der Waals surface area contributed by atoms with E-state index in [9.17, 15) is 9.18 Å². The molecule has 4 heteroatoms. The van der Waals surface area contributed by atoms with Crippen LogP contribution in [0.5, 0.6) is 0 Å². The molecule has 0 amide bonds. The van der Waals surface area contributed by atoms with Gasteiger partial charge in [-0.25, -0.2) is 14.4 Å². The molecule has 3 nitrogen and oxygen atoms in total. The molecule has 2 rings (SSSR count). The normalized spacial score (nSPS) is 10.1. The smallest absolute Gasteiger partial charge is 0.162 e. The Hall–Kier alpha value is -2.10. The van der Waals surface area contributed by atoms with Crippen LogP contribution in [0.3, 0.4) is 0 Å². The van der Waals surface area contributed by atoms with Crippen LogP contribution in [0, 0.1) is 12.7 Å². The maximum atomic E-state index is 13.7. The van der Waals surface area contributed by atoms with Crippen LogP contribution in [0.15, 0.2) is 30.6 Å². The first-order valence-electron chi connectivity index (χ1n) is 4.75. The van der Waals surface area contributed by atoms with Crippen molar-refractivity contribution in [1.29, 1.82) is 0 Å². The zero-order valence-electron chi connectivity index (χ0n) is 8.64. The number of benzene rings is 1. The van der Waals surface area contributed by atoms with Gasteiger partial charge in [0, 0.05) is 18.0 Å². The van der Waals surface area contributed by atoms with E-state index in [-0.39, 0.29) is 11.4 Å². The predicted octanol–water partition coefficient (Wildman–Crippen LogP) is 2.40. The standard InChI is InChI=1S/C12H9FN2O/c1-8-3-4-10(13)11(9(8)7-16)12-14-5-2-6-15-12/h2-7H,1H3. The van der Waals surface area contributed by atoms with Crippen molar-refractivity contribution >= 4 is 6.29 Å². The first-order chi connectivity index (χ1) is 7.74. The minimum absolute atomic E-state index is 0.163. The highest BCUT2D eigenvalue weighted by Gasteiger charge is 2.14. The van der Waals surface area contributed by atoms with Gasteiger partial charge in [-0.2, -0.15) is 0 Å². The van der Waals surface area contributed by atoms with Crippen molar-refractivity contribution in [2.75, 3.05) is 0 Å². The molecule has 0 spiro atoms. The molecule has 1 heterocycles. The highest BCUT2D eigenvalue weighted by Crippen LogP contribution is 2.24. The van der Waals surface area contributed by atoms with Crippen molar-refractivity contribution in [3.8, 4) is 11.4 Å². The van der Waals surface area contributed by atoms with Gasteiger partial charge >= 0.3 is 0 Å². The Bertz CT molecular complexity index is 526. The van der Waals surface area contributed by atoms with E-state index >= 15 is 0 Å². The summed E-state index contributed by atoms with van der Waals surface area (Å²) in [5.41, 5.74) is 1.17. The molecular formula is C12H9FN2O. The van der Waals surface area contributed by atoms with Gasteiger partial charge in [-0.1, -0.05) is 6.07 Å². The lowest BCUT2D eigenvalue weighted by Crippen LogP contribution is -1.98. The summed E-state index contributed by atoms with van der Waals surface area (Å²) in [6.45, 7) is 1.75. The molecule has 0 unspecified atom stereocenters. The molecule has 80 valence electrons. The molecule has 0 bridgehead atoms. The molecule has 0 aliphatic heterocycles. The number of nitrogens with zero attached hydrogens (tertiary/aromatic N) is 2. The number of aryl methyl sites for hydroxylation is 1. The summed E-state index contributed by atoms with van der Waals surface area (Å²) < 4.78 is 13.7. The molecule has 1 aromatic heterocycles. The molecule has 0 aliphatic rings. The van der Waals surface area contributed by atoms with Crippen LogP contribution in [0.2, 0.25) is 0 Å². The lowest BCUT2D eigenvalue weighted by Gasteiger charge is -2.07. The third-order valence-corrected chi connectivity index (χ3v) is 2.32. The lowest BCUT2D eigenvalue weighted by molar-refractivity contribution is 0.112. The molecule has 1 aromatic carbocycles. The highest BCUT2D eigenvalue weighted by atomic mass is 19.1. The van der Waals surface area contributed by atoms with E-state index in [2.05, 4.69) is 9.97 Å². The monoisotopic (exact) mass is 216 g/mol. The number of hydrogen-bond acceptors (Lipinski definition) is 3. The van der Waals surface area contributed by atoms with E-state index < -0.39 is 5.82 Å². The number of rotatable bonds is 2. The van der Waals surface area contributed by atoms with Gasteiger partial charge in [-0.3, -0.25) is 4.79 Å². The molecule has 2 aromatic rings. The predicted molar refractivity (Wildman–Crippen MR) is 57.6 cm³/mol. The van der Waals surface area contributed by atoms with Gasteiger partial charge in [0.2, 0.25) is 0 Å². The van der Waals surface area contributed by atoms with Crippen LogP contribution in [0.4, 0.5) is 4.39 Å². The van der Waals surface area contributed by atoms with E-state index in [1.54, 1.807) is 19.1 Å². The molecule has 0 radical (unpaired) electrons. The number of carbonyl (C=O) groups is 1. The van der Waals surface area contributed by atoms with Crippen LogP contribution in [-0.4, -0.2) is 16.3 Å². The number of aldehydes is 1. The van der Waals surface area contributed by atoms with Gasteiger partial charge in [0.05, 0.1) is 5.56 Å². The van der Waals surface area contributed by atoms with Crippen molar-refractivity contribution in [3.05, 3.63) is 47.5 Å². The lowest BCUT2D eigenvalue weighted by atomic mass is 10.0. The van der Waals surface area contributed by atoms with E-state index in [0.717, 1.165) is 0 Å². The SMILES string of the molecule is Cc1ccc(F)c(-c2ncccn2)c1C=O. The van der Waals surface area contributed by atoms with Crippen molar-refractivity contribution in [2.45, 2.75) is 6.92 Å². The Labute approximate surface area is 92.0 Å². The first-order valence-corrected chi connectivity index (χ1v) is 4.75. The number of carbonyl (C=O) groups excluding carboxylic acids is 1. The summed E-state index contributed by atoms with van der Waals surface area (Å²) in [7, 11) is 0. The van der Waals surface area contributed by atoms with E-state index in [0.29, 0.717) is 17.4 Å². The fraction of sp³-hybridized carbons (Fsp3) is 0.0833. The fourth-order valence-corrected chi connectivity index (χ4v) is 1.50. The average molecular weight is 216 g/mol. The topological polar surface area (TPSA) is 42.9 Å². The summed E-state index contributed by atoms with van der Waals surface area (Å²) >= 11 is 0. The summed E-state index contributed by atoms with van der Waals surface area (Å²) in [4.78, 5) is 18.9. The molecule has 0 fully saturated rings. The zero-order valence-corrected chi connectivity index (χ0v) is 8.64. The largest absolute Gasteiger partial charge is 0.298 e. The fourth-order valence-electron chi connectivity index (χ4n) is 1.50. The molecule has 0 N–H and O–H groups in total. The first kappa shape index (κ1) is 10.4. The van der Waals surface area contributed by atoms with E-state index in [1.807, 2.05) is 0 Å². The van der Waals surface area contributed by atoms with Gasteiger partial charge in [0.25, 0.3) is 0 Å². The van der Waals surface area contributed by atoms with Crippen LogP contribution in [0.25, 0.3) is 11.4 Å². The number of halogens is 1. The Morgan fingerprint density at radius 3 is 2.56 bits per heavy atom. The third-order valence-electron chi connectivity index (χ3n) is 2.32. The van der Waals surface area contributed by atoms with Gasteiger partial charge < -0.3 is 0 Å². The van der Waals surface area contributed by atoms with Crippen molar-refractivity contribution in [3.63, 3.8) is 0 Å². The van der Waals surface area contributed by atoms with Crippen LogP contribution in [-0.2, 0) is 0 Å². The Morgan fingerprint density at radius 2 is 1.94 bits per heavy atom. The molecule has 0 saturated carbocycles. The molecule has 0 aliphatic carbocycles. The summed E-state index contributed by atoms with van der Waals surface area (Å²) in [5, 5.41) is 0. The quantitative estimate of drug-likeness (QED) is 0.724. The van der Waals surface area contributed by atoms with Crippen molar-refractivity contribution in [1.82, 2.24) is 9.97 Å². The minimum atomic E-state index is -0.487. The van der Waals surface area contributed by atoms with E-state index in [4.69, 9.17) is 0 Å². The third kappa shape index (κ3) is 1.69. The Balaban J connectivity index is 2.73. The summed E-state index contributed by atoms with van der Waals surface area (Å²) in [6, 6.07) is 4.51. The second-order valence-corrected chi connectivity index (χ2v) is 3.34. The zero-order chi connectivity index (χ0) is 11.5. The second-order valence-electron chi connectivity index (χ2n) is 3.34. The van der Waals surface area contributed by atoms with Crippen LogP contribution >= 0.6 is 0 Å². The highest BCUT2D eigenvalue weighted by molar-refractivity contribution is 5.87. The van der Waals surface area contributed by atoms with E-state index in [1.165, 1.54) is 18.5 Å². The molecule has 0 atom stereocenters. The maximum absolute atomic E-state index is 13.7. The Morgan fingerprint density at radius 1 is 1.25 bits per heavy atom. The second kappa shape index (κ2) is 4.18. The maximum Gasteiger partial charge on any atom is 0.162 e. The van der Waals surface area contributed by atoms with Crippen LogP contribution in [0.1, 0.15) is 15.9 Å². The van der Waals surface area contributed by atoms with Gasteiger partial charge in [0.15, 0.2) is 12.1 Å². The van der Waals surface area contributed by atoms with Gasteiger partial charge in [-0.05, 0) is 24.6 Å². The summed E-state index contributed by atoms with van der Waals surface area (Å²) in [6.07, 6.45) is 3.65. The minimum Gasteiger partial charge on any atom is -0.298 e.